The van der Waals surface area contributed by atoms with Crippen LogP contribution in [0.3, 0.4) is 0 Å². The predicted molar refractivity (Wildman–Crippen MR) is 325 cm³/mol. The number of amides is 4. The molecule has 516 valence electrons. The summed E-state index contributed by atoms with van der Waals surface area (Å²) in [6.07, 6.45) is -1.57. The van der Waals surface area contributed by atoms with Gasteiger partial charge >= 0.3 is 17.9 Å². The number of nitrogens with two attached hydrogens (primary N) is 1. The van der Waals surface area contributed by atoms with Crippen molar-refractivity contribution in [3.63, 3.8) is 0 Å². The van der Waals surface area contributed by atoms with Crippen LogP contribution in [0.2, 0.25) is 0 Å². The Morgan fingerprint density at radius 1 is 0.437 bits per heavy atom. The lowest BCUT2D eigenvalue weighted by Crippen LogP contribution is -2.52. The van der Waals surface area contributed by atoms with Gasteiger partial charge in [0.2, 0.25) is 23.6 Å². The number of rotatable bonds is 36. The molecule has 0 fully saturated rings. The molecule has 0 radical (unpaired) electrons. The number of carbonyl (C=O) groups excluding carboxylic acids is 8. The van der Waals surface area contributed by atoms with E-state index in [1.165, 1.54) is 0 Å². The molecule has 87 heavy (non-hydrogen) atoms. The molecular weight excluding hydrogens is 1160 g/mol. The number of ether oxygens (including phenoxy) is 1. The van der Waals surface area contributed by atoms with Gasteiger partial charge in [-0.2, -0.15) is 0 Å². The number of ketones is 3. The van der Waals surface area contributed by atoms with Crippen molar-refractivity contribution in [1.29, 1.82) is 0 Å². The van der Waals surface area contributed by atoms with Gasteiger partial charge in [0, 0.05) is 6.04 Å². The number of methoxy groups -OCH3 is 1. The van der Waals surface area contributed by atoms with Crippen LogP contribution in [0.25, 0.3) is 0 Å². The van der Waals surface area contributed by atoms with E-state index < -0.39 is 147 Å². The fraction of sp³-hybridized carbons (Fsp3) is 0.825. The summed E-state index contributed by atoms with van der Waals surface area (Å²) in [5.41, 5.74) is 5.24. The molecule has 0 saturated heterocycles. The van der Waals surface area contributed by atoms with Crippen molar-refractivity contribution in [2.45, 2.75) is 202 Å². The van der Waals surface area contributed by atoms with E-state index in [1.54, 1.807) is 62.9 Å². The number of likely N-dealkylation sites (N-methyl/N-ethyl adjacent to an activating group) is 5. The van der Waals surface area contributed by atoms with Gasteiger partial charge in [0.1, 0.15) is 57.6 Å². The van der Waals surface area contributed by atoms with Crippen molar-refractivity contribution >= 4 is 58.9 Å². The smallest absolute Gasteiger partial charge is 0.320 e. The molecular formula is C57H113F5N10O15. The molecule has 0 aliphatic heterocycles. The number of hydrogen-bond donors (Lipinski definition) is 14. The van der Waals surface area contributed by atoms with E-state index in [9.17, 15) is 75.0 Å². The Balaban J connectivity index is -0.000000180. The molecule has 15 N–H and O–H groups in total. The van der Waals surface area contributed by atoms with E-state index in [0.717, 1.165) is 7.11 Å². The summed E-state index contributed by atoms with van der Waals surface area (Å²) in [6.45, 7) is 18.8. The molecule has 0 aliphatic rings. The Hall–Kier alpha value is -5.37. The highest BCUT2D eigenvalue weighted by Gasteiger charge is 2.31. The maximum atomic E-state index is 12.4. The van der Waals surface area contributed by atoms with Gasteiger partial charge < -0.3 is 78.7 Å². The second-order valence-electron chi connectivity index (χ2n) is 21.2. The van der Waals surface area contributed by atoms with Crippen LogP contribution in [0.5, 0.6) is 0 Å². The summed E-state index contributed by atoms with van der Waals surface area (Å²) >= 11 is 0. The number of aliphatic carboxylic acids is 2. The number of nitrogens with one attached hydrogen (secondary N) is 9. The summed E-state index contributed by atoms with van der Waals surface area (Å²) < 4.78 is 65.1. The third kappa shape index (κ3) is 43.8. The van der Waals surface area contributed by atoms with Crippen LogP contribution in [0.4, 0.5) is 22.0 Å². The number of carboxylic acids is 2. The Morgan fingerprint density at radius 3 is 0.920 bits per heavy atom. The van der Waals surface area contributed by atoms with Crippen molar-refractivity contribution in [2.24, 2.45) is 35.3 Å². The minimum atomic E-state index is -1.32. The molecule has 12 atom stereocenters. The average molecular weight is 1270 g/mol. The van der Waals surface area contributed by atoms with Gasteiger partial charge in [0.25, 0.3) is 0 Å². The minimum absolute atomic E-state index is 0. The van der Waals surface area contributed by atoms with Gasteiger partial charge in [-0.3, -0.25) is 47.9 Å². The first-order chi connectivity index (χ1) is 39.9. The largest absolute Gasteiger partial charge is 0.481 e. The molecule has 25 nitrogen and oxygen atoms in total. The highest BCUT2D eigenvalue weighted by atomic mass is 19.1. The van der Waals surface area contributed by atoms with Gasteiger partial charge in [-0.15, -0.1) is 0 Å². The van der Waals surface area contributed by atoms with Crippen LogP contribution < -0.4 is 53.6 Å². The number of carboxylic acid groups (broad SMARTS) is 2. The Bertz CT molecular complexity index is 1910. The number of Topliss-reactive ketones (excluding diaryl/α,β-unsaturated/α-hetero) is 3. The summed E-state index contributed by atoms with van der Waals surface area (Å²) in [5, 5.41) is 58.9. The van der Waals surface area contributed by atoms with Crippen LogP contribution in [-0.2, 0) is 52.7 Å². The zero-order valence-corrected chi connectivity index (χ0v) is 54.1. The van der Waals surface area contributed by atoms with Gasteiger partial charge in [0.05, 0.1) is 62.3 Å². The monoisotopic (exact) mass is 1270 g/mol. The summed E-state index contributed by atoms with van der Waals surface area (Å²) in [5.74, 6) is -6.17. The topological polar surface area (TPSA) is 395 Å². The average Bonchev–Trinajstić information content (AvgIpc) is 3.67. The Labute approximate surface area is 513 Å². The number of hydrogen-bond acceptors (Lipinski definition) is 19. The van der Waals surface area contributed by atoms with Crippen molar-refractivity contribution in [1.82, 2.24) is 47.9 Å². The molecule has 0 aromatic carbocycles. The lowest BCUT2D eigenvalue weighted by atomic mass is 10.0. The molecule has 4 amide bonds. The molecule has 0 heterocycles. The van der Waals surface area contributed by atoms with E-state index in [1.807, 2.05) is 62.3 Å². The highest BCUT2D eigenvalue weighted by Crippen LogP contribution is 2.08. The third-order valence-electron chi connectivity index (χ3n) is 12.7. The standard InChI is InChI=1S/C12H21FN2O4.C11H19FN2O4.C11H23FN2O2.C11H21FN2O2.C6H13NO2.C5H12FNO.CH4/c1-7(2)11(14-3)12(18)15-8(9(16)6-13)5-10(17)19-4;1-6(2)10(13-3)11(18)14-7(4-9(16)17)8(15)5-12;2*1-5-8(9(15)6-12)14-11(16)10(13-4)7(2)3;1-4(2)5(7-3)6(8)9;1-2-4(7)5(8)3-6;/h7-8,11,14H,5-6H2,1-4H3,(H,15,18);6-7,10,13H,4-5H2,1-3H3,(H,14,18)(H,16,17);7-10,13,15H,5-6H2,1-4H3,(H,14,16);7-8,10,13H,5-6H2,1-4H3,(H,14,16);4-5,7H,1-3H3,(H,8,9);4-5,8H,2-3,7H2,1H3;1H4/t8?,11-;7?,10-;8?,9?,10-;8?,10-;5-;;/m00000../s1. The molecule has 0 rings (SSSR count). The zero-order chi connectivity index (χ0) is 68.7. The fourth-order valence-electron chi connectivity index (χ4n) is 7.44. The maximum Gasteiger partial charge on any atom is 0.320 e. The molecule has 30 heteroatoms. The number of halogens is 5. The van der Waals surface area contributed by atoms with Crippen LogP contribution in [0.15, 0.2) is 0 Å². The quantitative estimate of drug-likeness (QED) is 0.0313. The zero-order valence-electron chi connectivity index (χ0n) is 54.1. The summed E-state index contributed by atoms with van der Waals surface area (Å²) in [7, 11) is 9.38. The van der Waals surface area contributed by atoms with E-state index in [0.29, 0.717) is 19.3 Å². The van der Waals surface area contributed by atoms with Crippen molar-refractivity contribution < 1.29 is 95.1 Å². The number of aliphatic hydroxyl groups is 2. The van der Waals surface area contributed by atoms with E-state index in [4.69, 9.17) is 21.1 Å². The highest BCUT2D eigenvalue weighted by molar-refractivity contribution is 5.95. The van der Waals surface area contributed by atoms with Gasteiger partial charge in [0.15, 0.2) is 17.3 Å². The van der Waals surface area contributed by atoms with Crippen molar-refractivity contribution in [2.75, 3.05) is 75.7 Å². The summed E-state index contributed by atoms with van der Waals surface area (Å²) in [4.78, 5) is 113. The van der Waals surface area contributed by atoms with Gasteiger partial charge in [-0.25, -0.2) is 22.0 Å². The number of esters is 1. The molecule has 0 saturated carbocycles. The molecule has 0 bridgehead atoms. The number of aliphatic hydroxyl groups excluding tert-OH is 2. The van der Waals surface area contributed by atoms with Gasteiger partial charge in [-0.05, 0) is 84.1 Å². The van der Waals surface area contributed by atoms with E-state index in [2.05, 4.69) is 52.6 Å². The second-order valence-corrected chi connectivity index (χ2v) is 21.2. The summed E-state index contributed by atoms with van der Waals surface area (Å²) in [6, 6.07) is -6.33. The first kappa shape index (κ1) is 95.3. The SMILES string of the molecule is C.CCC(N)C(O)CF.CCC(NC(=O)[C@@H](NC)C(C)C)C(=O)CF.CCC(NC(=O)[C@@H](NC)C(C)C)C(O)CF.CN[C@H](C(=O)NC(CC(=O)O)C(=O)CF)C(C)C.CN[C@H](C(=O)NC(CC(=O)OC)C(=O)CF)C(C)C.CN[C@H](C(=O)O)C(C)C. The molecule has 0 spiro atoms. The van der Waals surface area contributed by atoms with Crippen LogP contribution in [0.1, 0.15) is 130 Å². The van der Waals surface area contributed by atoms with Gasteiger partial charge in [-0.1, -0.05) is 97.4 Å². The van der Waals surface area contributed by atoms with Crippen LogP contribution in [0, 0.1) is 29.6 Å². The second kappa shape index (κ2) is 55.9. The first-order valence-electron chi connectivity index (χ1n) is 28.5. The maximum absolute atomic E-state index is 12.4. The lowest BCUT2D eigenvalue weighted by Gasteiger charge is -2.25. The lowest BCUT2D eigenvalue weighted by molar-refractivity contribution is -0.143. The molecule has 0 aromatic rings. The normalized spacial score (nSPS) is 14.8. The van der Waals surface area contributed by atoms with E-state index >= 15 is 0 Å². The predicted octanol–water partition coefficient (Wildman–Crippen LogP) is 1.67. The molecule has 7 unspecified atom stereocenters. The molecule has 0 aromatic heterocycles. The first-order valence-corrected chi connectivity index (χ1v) is 28.5. The third-order valence-corrected chi connectivity index (χ3v) is 12.7. The Kier molecular flexibility index (Phi) is 61.2. The van der Waals surface area contributed by atoms with E-state index in [-0.39, 0.29) is 67.3 Å². The Morgan fingerprint density at radius 2 is 0.724 bits per heavy atom. The fourth-order valence-corrected chi connectivity index (χ4v) is 7.44. The molecule has 0 aliphatic carbocycles. The van der Waals surface area contributed by atoms with Crippen molar-refractivity contribution in [3.8, 4) is 0 Å². The van der Waals surface area contributed by atoms with Crippen LogP contribution >= 0.6 is 0 Å². The van der Waals surface area contributed by atoms with Crippen LogP contribution in [-0.4, -0.2) is 228 Å². The van der Waals surface area contributed by atoms with Crippen molar-refractivity contribution in [3.05, 3.63) is 0 Å². The minimum Gasteiger partial charge on any atom is -0.481 e. The number of alkyl halides is 5. The number of carbonyl (C=O) groups is 10.